The van der Waals surface area contributed by atoms with Crippen molar-refractivity contribution in [2.45, 2.75) is 58.5 Å². The van der Waals surface area contributed by atoms with Crippen molar-refractivity contribution in [3.63, 3.8) is 0 Å². The van der Waals surface area contributed by atoms with Gasteiger partial charge in [-0.25, -0.2) is 4.39 Å². The van der Waals surface area contributed by atoms with Crippen LogP contribution < -0.4 is 11.1 Å². The number of phenolic OH excluding ortho intramolecular Hbond substituents is 1. The van der Waals surface area contributed by atoms with Gasteiger partial charge in [-0.1, -0.05) is 30.3 Å². The Morgan fingerprint density at radius 1 is 1.18 bits per heavy atom. The Morgan fingerprint density at radius 2 is 1.82 bits per heavy atom. The molecule has 33 heavy (non-hydrogen) atoms. The maximum atomic E-state index is 14.2. The number of hydrogen-bond acceptors (Lipinski definition) is 5. The van der Waals surface area contributed by atoms with Crippen LogP contribution in [0.25, 0.3) is 0 Å². The van der Waals surface area contributed by atoms with E-state index >= 15 is 0 Å². The van der Waals surface area contributed by atoms with Crippen LogP contribution in [0.3, 0.4) is 0 Å². The number of phenols is 1. The molecule has 0 spiro atoms. The number of hydrogen-bond donors (Lipinski definition) is 4. The van der Waals surface area contributed by atoms with E-state index in [1.54, 1.807) is 32.9 Å². The molecule has 4 atom stereocenters. The summed E-state index contributed by atoms with van der Waals surface area (Å²) in [5.74, 6) is -1.23. The summed E-state index contributed by atoms with van der Waals surface area (Å²) in [4.78, 5) is 27.3. The number of carbonyl (C=O) groups excluding carboxylic acids is 2. The number of nitrogens with one attached hydrogen (secondary N) is 1. The number of carbonyl (C=O) groups is 2. The Morgan fingerprint density at radius 3 is 2.39 bits per heavy atom. The molecule has 8 heteroatoms. The highest BCUT2D eigenvalue weighted by atomic mass is 19.1. The quantitative estimate of drug-likeness (QED) is 0.435. The summed E-state index contributed by atoms with van der Waals surface area (Å²) in [7, 11) is 0. The van der Waals surface area contributed by atoms with E-state index in [4.69, 9.17) is 5.73 Å². The molecule has 0 saturated heterocycles. The number of amides is 2. The standard InChI is InChI=1S/C25H34FN3O4/c1-5-29(14-20(26)17(4)27)25(33)23(31)21(13-18-9-7-6-8-10-18)28-24(32)19-11-15(2)12-22(30)16(19)3/h6-12,17,20-21,23,30-31H,5,13-14,27H2,1-4H3,(H,28,32). The monoisotopic (exact) mass is 459 g/mol. The Bertz CT molecular complexity index is 952. The molecule has 0 heterocycles. The first-order valence-electron chi connectivity index (χ1n) is 11.1. The summed E-state index contributed by atoms with van der Waals surface area (Å²) in [6.45, 7) is 6.49. The molecule has 2 rings (SSSR count). The number of aliphatic hydroxyl groups is 1. The highest BCUT2D eigenvalue weighted by Gasteiger charge is 2.33. The summed E-state index contributed by atoms with van der Waals surface area (Å²) in [6.07, 6.45) is -2.87. The van der Waals surface area contributed by atoms with Crippen LogP contribution in [0, 0.1) is 13.8 Å². The minimum Gasteiger partial charge on any atom is -0.508 e. The third-order valence-electron chi connectivity index (χ3n) is 5.68. The van der Waals surface area contributed by atoms with E-state index in [1.165, 1.54) is 11.8 Å². The molecule has 2 aromatic carbocycles. The van der Waals surface area contributed by atoms with Gasteiger partial charge in [0.15, 0.2) is 6.10 Å². The smallest absolute Gasteiger partial charge is 0.253 e. The van der Waals surface area contributed by atoms with Crippen molar-refractivity contribution in [2.24, 2.45) is 5.73 Å². The first-order valence-corrected chi connectivity index (χ1v) is 11.1. The van der Waals surface area contributed by atoms with Crippen LogP contribution in [-0.2, 0) is 11.2 Å². The zero-order valence-electron chi connectivity index (χ0n) is 19.6. The van der Waals surface area contributed by atoms with Crippen molar-refractivity contribution in [3.8, 4) is 5.75 Å². The van der Waals surface area contributed by atoms with Gasteiger partial charge in [-0.3, -0.25) is 9.59 Å². The van der Waals surface area contributed by atoms with Gasteiger partial charge in [-0.2, -0.15) is 0 Å². The van der Waals surface area contributed by atoms with Crippen LogP contribution in [-0.4, -0.2) is 64.4 Å². The molecule has 0 saturated carbocycles. The van der Waals surface area contributed by atoms with E-state index in [0.717, 1.165) is 5.56 Å². The fourth-order valence-electron chi connectivity index (χ4n) is 3.54. The van der Waals surface area contributed by atoms with Crippen molar-refractivity contribution >= 4 is 11.8 Å². The normalized spacial score (nSPS) is 14.8. The topological polar surface area (TPSA) is 116 Å². The summed E-state index contributed by atoms with van der Waals surface area (Å²) in [5, 5.41) is 23.8. The number of likely N-dealkylation sites (N-methyl/N-ethyl adjacent to an activating group) is 1. The minimum absolute atomic E-state index is 0.0153. The lowest BCUT2D eigenvalue weighted by atomic mass is 9.98. The molecule has 0 bridgehead atoms. The van der Waals surface area contributed by atoms with Gasteiger partial charge >= 0.3 is 0 Å². The average Bonchev–Trinajstić information content (AvgIpc) is 2.78. The Labute approximate surface area is 194 Å². The summed E-state index contributed by atoms with van der Waals surface area (Å²) in [6, 6.07) is 10.6. The van der Waals surface area contributed by atoms with Gasteiger partial charge in [0.25, 0.3) is 11.8 Å². The third kappa shape index (κ3) is 7.00. The van der Waals surface area contributed by atoms with Crippen molar-refractivity contribution < 1.29 is 24.2 Å². The van der Waals surface area contributed by atoms with Crippen molar-refractivity contribution in [1.82, 2.24) is 10.2 Å². The molecule has 5 N–H and O–H groups in total. The Hall–Kier alpha value is -2.97. The van der Waals surface area contributed by atoms with Crippen LogP contribution in [0.2, 0.25) is 0 Å². The lowest BCUT2D eigenvalue weighted by Gasteiger charge is -2.30. The largest absolute Gasteiger partial charge is 0.508 e. The maximum Gasteiger partial charge on any atom is 0.253 e. The number of alkyl halides is 1. The number of benzene rings is 2. The molecule has 0 aromatic heterocycles. The van der Waals surface area contributed by atoms with E-state index in [0.29, 0.717) is 11.1 Å². The summed E-state index contributed by atoms with van der Waals surface area (Å²) in [5.41, 5.74) is 7.74. The van der Waals surface area contributed by atoms with Gasteiger partial charge in [0, 0.05) is 23.7 Å². The van der Waals surface area contributed by atoms with Crippen molar-refractivity contribution in [3.05, 3.63) is 64.7 Å². The zero-order valence-corrected chi connectivity index (χ0v) is 19.6. The molecule has 2 aromatic rings. The Kier molecular flexibility index (Phi) is 9.37. The first kappa shape index (κ1) is 26.3. The molecule has 0 aliphatic carbocycles. The lowest BCUT2D eigenvalue weighted by Crippen LogP contribution is -2.54. The number of nitrogens with zero attached hydrogens (tertiary/aromatic N) is 1. The highest BCUT2D eigenvalue weighted by Crippen LogP contribution is 2.23. The second kappa shape index (κ2) is 11.8. The molecule has 0 aliphatic heterocycles. The number of aromatic hydroxyl groups is 1. The van der Waals surface area contributed by atoms with Gasteiger partial charge in [0.1, 0.15) is 11.9 Å². The molecular weight excluding hydrogens is 425 g/mol. The zero-order chi connectivity index (χ0) is 24.7. The van der Waals surface area contributed by atoms with E-state index in [-0.39, 0.29) is 30.8 Å². The fourth-order valence-corrected chi connectivity index (χ4v) is 3.54. The minimum atomic E-state index is -1.60. The Balaban J connectivity index is 2.31. The van der Waals surface area contributed by atoms with E-state index in [2.05, 4.69) is 5.32 Å². The van der Waals surface area contributed by atoms with Gasteiger partial charge in [0.2, 0.25) is 0 Å². The van der Waals surface area contributed by atoms with Gasteiger partial charge in [-0.05, 0) is 57.4 Å². The summed E-state index contributed by atoms with van der Waals surface area (Å²) >= 11 is 0. The second-order valence-electron chi connectivity index (χ2n) is 8.42. The highest BCUT2D eigenvalue weighted by molar-refractivity contribution is 5.97. The molecule has 2 amide bonds. The number of nitrogens with two attached hydrogens (primary N) is 1. The average molecular weight is 460 g/mol. The van der Waals surface area contributed by atoms with Gasteiger partial charge in [0.05, 0.1) is 12.6 Å². The van der Waals surface area contributed by atoms with E-state index in [1.807, 2.05) is 30.3 Å². The van der Waals surface area contributed by atoms with Crippen molar-refractivity contribution in [2.75, 3.05) is 13.1 Å². The first-order chi connectivity index (χ1) is 15.5. The molecule has 4 unspecified atom stereocenters. The molecule has 0 aliphatic rings. The predicted molar refractivity (Wildman–Crippen MR) is 126 cm³/mol. The van der Waals surface area contributed by atoms with Crippen LogP contribution in [0.5, 0.6) is 5.75 Å². The molecule has 0 radical (unpaired) electrons. The number of rotatable bonds is 10. The third-order valence-corrected chi connectivity index (χ3v) is 5.68. The van der Waals surface area contributed by atoms with Gasteiger partial charge in [-0.15, -0.1) is 0 Å². The number of aryl methyl sites for hydroxylation is 1. The number of halogens is 1. The van der Waals surface area contributed by atoms with Gasteiger partial charge < -0.3 is 26.2 Å². The fraction of sp³-hybridized carbons (Fsp3) is 0.440. The lowest BCUT2D eigenvalue weighted by molar-refractivity contribution is -0.142. The second-order valence-corrected chi connectivity index (χ2v) is 8.42. The molecule has 0 fully saturated rings. The molecular formula is C25H34FN3O4. The molecule has 7 nitrogen and oxygen atoms in total. The summed E-state index contributed by atoms with van der Waals surface area (Å²) < 4.78 is 14.2. The maximum absolute atomic E-state index is 14.2. The molecule has 180 valence electrons. The van der Waals surface area contributed by atoms with Crippen LogP contribution in [0.15, 0.2) is 42.5 Å². The van der Waals surface area contributed by atoms with E-state index < -0.39 is 36.2 Å². The van der Waals surface area contributed by atoms with Crippen molar-refractivity contribution in [1.29, 1.82) is 0 Å². The van der Waals surface area contributed by atoms with Crippen LogP contribution in [0.1, 0.15) is 40.9 Å². The number of aliphatic hydroxyl groups excluding tert-OH is 1. The predicted octanol–water partition coefficient (Wildman–Crippen LogP) is 2.24. The SMILES string of the molecule is CCN(CC(F)C(C)N)C(=O)C(O)C(Cc1ccccc1)NC(=O)c1cc(C)cc(O)c1C. The van der Waals surface area contributed by atoms with Crippen LogP contribution >= 0.6 is 0 Å². The van der Waals surface area contributed by atoms with E-state index in [9.17, 15) is 24.2 Å². The van der Waals surface area contributed by atoms with Crippen LogP contribution in [0.4, 0.5) is 4.39 Å².